The Kier molecular flexibility index (Phi) is 5.48. The minimum absolute atomic E-state index is 0.533. The topological polar surface area (TPSA) is 15.3 Å². The van der Waals surface area contributed by atoms with Gasteiger partial charge in [-0.25, -0.2) is 0 Å². The van der Waals surface area contributed by atoms with E-state index < -0.39 is 0 Å². The van der Waals surface area contributed by atoms with Crippen LogP contribution in [0.3, 0.4) is 0 Å². The van der Waals surface area contributed by atoms with Gasteiger partial charge in [0.25, 0.3) is 0 Å². The highest BCUT2D eigenvalue weighted by atomic mass is 35.5. The highest BCUT2D eigenvalue weighted by molar-refractivity contribution is 6.30. The summed E-state index contributed by atoms with van der Waals surface area (Å²) in [5.74, 6) is 0. The zero-order valence-corrected chi connectivity index (χ0v) is 11.9. The molecule has 1 aromatic carbocycles. The molecule has 2 nitrogen and oxygen atoms in total. The van der Waals surface area contributed by atoms with E-state index >= 15 is 0 Å². The maximum absolute atomic E-state index is 6.13. The molecule has 2 rings (SSSR count). The lowest BCUT2D eigenvalue weighted by molar-refractivity contribution is 0.163. The van der Waals surface area contributed by atoms with Gasteiger partial charge in [-0.3, -0.25) is 4.90 Å². The van der Waals surface area contributed by atoms with Gasteiger partial charge in [0.2, 0.25) is 0 Å². The van der Waals surface area contributed by atoms with Gasteiger partial charge in [0.15, 0.2) is 0 Å². The summed E-state index contributed by atoms with van der Waals surface area (Å²) >= 11 is 6.13. The van der Waals surface area contributed by atoms with Crippen LogP contribution in [0.15, 0.2) is 24.3 Å². The second-order valence-electron chi connectivity index (χ2n) is 5.00. The molecule has 0 unspecified atom stereocenters. The molecule has 18 heavy (non-hydrogen) atoms. The molecule has 0 spiro atoms. The zero-order valence-electron chi connectivity index (χ0n) is 11.2. The van der Waals surface area contributed by atoms with Gasteiger partial charge in [0, 0.05) is 37.2 Å². The number of rotatable bonds is 5. The molecular formula is C15H23ClN2. The smallest absolute Gasteiger partial charge is 0.0409 e. The van der Waals surface area contributed by atoms with Gasteiger partial charge >= 0.3 is 0 Å². The quantitative estimate of drug-likeness (QED) is 0.878. The molecule has 1 atom stereocenters. The molecule has 100 valence electrons. The Balaban J connectivity index is 2.12. The Labute approximate surface area is 115 Å². The predicted octanol–water partition coefficient (Wildman–Crippen LogP) is 3.48. The first-order valence-electron chi connectivity index (χ1n) is 7.01. The van der Waals surface area contributed by atoms with Crippen molar-refractivity contribution in [3.63, 3.8) is 0 Å². The largest absolute Gasteiger partial charge is 0.314 e. The van der Waals surface area contributed by atoms with Crippen LogP contribution in [-0.2, 0) is 0 Å². The van der Waals surface area contributed by atoms with Crippen molar-refractivity contribution in [3.8, 4) is 0 Å². The minimum atomic E-state index is 0.533. The molecule has 0 aromatic heterocycles. The summed E-state index contributed by atoms with van der Waals surface area (Å²) < 4.78 is 0. The van der Waals surface area contributed by atoms with Crippen molar-refractivity contribution in [2.75, 3.05) is 26.2 Å². The fourth-order valence-electron chi connectivity index (χ4n) is 2.67. The van der Waals surface area contributed by atoms with Gasteiger partial charge < -0.3 is 5.32 Å². The van der Waals surface area contributed by atoms with Gasteiger partial charge in [0.1, 0.15) is 0 Å². The SMILES string of the molecule is CCCC[C@@H](c1cccc(Cl)c1)N1CCNCC1. The normalized spacial score (nSPS) is 18.8. The third-order valence-electron chi connectivity index (χ3n) is 3.66. The molecule has 1 saturated heterocycles. The monoisotopic (exact) mass is 266 g/mol. The number of unbranched alkanes of at least 4 members (excludes halogenated alkanes) is 1. The van der Waals surface area contributed by atoms with Gasteiger partial charge in [-0.2, -0.15) is 0 Å². The third-order valence-corrected chi connectivity index (χ3v) is 3.89. The van der Waals surface area contributed by atoms with Crippen LogP contribution in [0.4, 0.5) is 0 Å². The van der Waals surface area contributed by atoms with E-state index in [1.54, 1.807) is 0 Å². The molecule has 1 aromatic rings. The molecule has 1 aliphatic heterocycles. The second-order valence-corrected chi connectivity index (χ2v) is 5.44. The summed E-state index contributed by atoms with van der Waals surface area (Å²) in [6.07, 6.45) is 3.76. The molecule has 3 heteroatoms. The van der Waals surface area contributed by atoms with Crippen LogP contribution in [-0.4, -0.2) is 31.1 Å². The summed E-state index contributed by atoms with van der Waals surface area (Å²) in [6, 6.07) is 8.90. The maximum Gasteiger partial charge on any atom is 0.0409 e. The lowest BCUT2D eigenvalue weighted by Crippen LogP contribution is -2.45. The van der Waals surface area contributed by atoms with Gasteiger partial charge in [-0.15, -0.1) is 0 Å². The average molecular weight is 267 g/mol. The summed E-state index contributed by atoms with van der Waals surface area (Å²) in [5, 5.41) is 4.27. The molecule has 1 fully saturated rings. The molecule has 0 saturated carbocycles. The first kappa shape index (κ1) is 13.9. The van der Waals surface area contributed by atoms with Gasteiger partial charge in [-0.1, -0.05) is 43.5 Å². The zero-order chi connectivity index (χ0) is 12.8. The summed E-state index contributed by atoms with van der Waals surface area (Å²) in [6.45, 7) is 6.74. The van der Waals surface area contributed by atoms with Crippen molar-refractivity contribution in [2.24, 2.45) is 0 Å². The van der Waals surface area contributed by atoms with E-state index in [9.17, 15) is 0 Å². The number of hydrogen-bond donors (Lipinski definition) is 1. The van der Waals surface area contributed by atoms with Crippen molar-refractivity contribution in [2.45, 2.75) is 32.2 Å². The van der Waals surface area contributed by atoms with Crippen LogP contribution in [0.25, 0.3) is 0 Å². The summed E-state index contributed by atoms with van der Waals surface area (Å²) in [7, 11) is 0. The Hall–Kier alpha value is -0.570. The molecular weight excluding hydrogens is 244 g/mol. The molecule has 0 bridgehead atoms. The molecule has 0 aliphatic carbocycles. The molecule has 0 radical (unpaired) electrons. The Morgan fingerprint density at radius 3 is 2.78 bits per heavy atom. The summed E-state index contributed by atoms with van der Waals surface area (Å²) in [5.41, 5.74) is 1.37. The third kappa shape index (κ3) is 3.71. The summed E-state index contributed by atoms with van der Waals surface area (Å²) in [4.78, 5) is 2.60. The standard InChI is InChI=1S/C15H23ClN2/c1-2-3-7-15(18-10-8-17-9-11-18)13-5-4-6-14(16)12-13/h4-6,12,15,17H,2-3,7-11H2,1H3/t15-/m0/s1. The fourth-order valence-corrected chi connectivity index (χ4v) is 2.86. The molecule has 1 aliphatic rings. The van der Waals surface area contributed by atoms with Crippen LogP contribution in [0.2, 0.25) is 5.02 Å². The van der Waals surface area contributed by atoms with Crippen LogP contribution < -0.4 is 5.32 Å². The van der Waals surface area contributed by atoms with E-state index in [4.69, 9.17) is 11.6 Å². The molecule has 1 heterocycles. The van der Waals surface area contributed by atoms with Crippen LogP contribution in [0.5, 0.6) is 0 Å². The first-order chi connectivity index (χ1) is 8.81. The van der Waals surface area contributed by atoms with Crippen LogP contribution in [0.1, 0.15) is 37.8 Å². The van der Waals surface area contributed by atoms with Crippen molar-refractivity contribution in [1.82, 2.24) is 10.2 Å². The van der Waals surface area contributed by atoms with Crippen molar-refractivity contribution >= 4 is 11.6 Å². The highest BCUT2D eigenvalue weighted by Gasteiger charge is 2.21. The number of nitrogens with one attached hydrogen (secondary N) is 1. The predicted molar refractivity (Wildman–Crippen MR) is 78.2 cm³/mol. The highest BCUT2D eigenvalue weighted by Crippen LogP contribution is 2.28. The maximum atomic E-state index is 6.13. The van der Waals surface area contributed by atoms with E-state index in [0.717, 1.165) is 31.2 Å². The number of benzene rings is 1. The van der Waals surface area contributed by atoms with E-state index in [2.05, 4.69) is 35.3 Å². The number of halogens is 1. The Morgan fingerprint density at radius 1 is 1.33 bits per heavy atom. The number of piperazine rings is 1. The molecule has 1 N–H and O–H groups in total. The minimum Gasteiger partial charge on any atom is -0.314 e. The van der Waals surface area contributed by atoms with Crippen LogP contribution >= 0.6 is 11.6 Å². The fraction of sp³-hybridized carbons (Fsp3) is 0.600. The number of nitrogens with zero attached hydrogens (tertiary/aromatic N) is 1. The lowest BCUT2D eigenvalue weighted by atomic mass is 9.99. The van der Waals surface area contributed by atoms with Crippen LogP contribution in [0, 0.1) is 0 Å². The lowest BCUT2D eigenvalue weighted by Gasteiger charge is -2.35. The average Bonchev–Trinajstić information content (AvgIpc) is 2.40. The second kappa shape index (κ2) is 7.13. The van der Waals surface area contributed by atoms with Gasteiger partial charge in [-0.05, 0) is 24.1 Å². The van der Waals surface area contributed by atoms with E-state index in [1.165, 1.54) is 24.8 Å². The first-order valence-corrected chi connectivity index (χ1v) is 7.39. The van der Waals surface area contributed by atoms with Gasteiger partial charge in [0.05, 0.1) is 0 Å². The van der Waals surface area contributed by atoms with Crippen molar-refractivity contribution in [1.29, 1.82) is 0 Å². The Morgan fingerprint density at radius 2 is 2.11 bits per heavy atom. The van der Waals surface area contributed by atoms with Crippen molar-refractivity contribution in [3.05, 3.63) is 34.9 Å². The number of hydrogen-bond acceptors (Lipinski definition) is 2. The van der Waals surface area contributed by atoms with E-state index in [1.807, 2.05) is 6.07 Å². The van der Waals surface area contributed by atoms with E-state index in [0.29, 0.717) is 6.04 Å². The van der Waals surface area contributed by atoms with E-state index in [-0.39, 0.29) is 0 Å². The van der Waals surface area contributed by atoms with Crippen molar-refractivity contribution < 1.29 is 0 Å². The Bertz CT molecular complexity index is 361. The molecule has 0 amide bonds.